The number of hydrogen-bond donors (Lipinski definition) is 1. The van der Waals surface area contributed by atoms with Crippen molar-refractivity contribution in [1.82, 2.24) is 4.90 Å². The SMILES string of the molecule is Cc1cc([N+](=O)[O-])ccc1-c1ccc(/C=C2\SC(Nc3ccccc3)N([C@@H]3CCCC[C@H]3C)C2=O)o1. The van der Waals surface area contributed by atoms with Gasteiger partial charge in [0.05, 0.1) is 9.83 Å². The van der Waals surface area contributed by atoms with E-state index in [0.29, 0.717) is 22.3 Å². The summed E-state index contributed by atoms with van der Waals surface area (Å²) in [6.45, 7) is 4.07. The van der Waals surface area contributed by atoms with Crippen molar-refractivity contribution in [3.63, 3.8) is 0 Å². The van der Waals surface area contributed by atoms with E-state index in [9.17, 15) is 14.9 Å². The van der Waals surface area contributed by atoms with Gasteiger partial charge in [0, 0.05) is 35.5 Å². The Morgan fingerprint density at radius 2 is 1.89 bits per heavy atom. The van der Waals surface area contributed by atoms with Gasteiger partial charge in [-0.3, -0.25) is 14.9 Å². The van der Waals surface area contributed by atoms with Crippen LogP contribution in [0.5, 0.6) is 0 Å². The van der Waals surface area contributed by atoms with Crippen LogP contribution in [0.15, 0.2) is 70.0 Å². The Morgan fingerprint density at radius 1 is 1.11 bits per heavy atom. The van der Waals surface area contributed by atoms with Crippen LogP contribution in [0.25, 0.3) is 17.4 Å². The molecule has 1 N–H and O–H groups in total. The van der Waals surface area contributed by atoms with Crippen LogP contribution >= 0.6 is 11.8 Å². The Hall–Kier alpha value is -3.52. The van der Waals surface area contributed by atoms with Gasteiger partial charge in [0.2, 0.25) is 0 Å². The molecule has 7 nitrogen and oxygen atoms in total. The minimum atomic E-state index is -0.406. The summed E-state index contributed by atoms with van der Waals surface area (Å²) >= 11 is 1.52. The summed E-state index contributed by atoms with van der Waals surface area (Å²) in [7, 11) is 0. The van der Waals surface area contributed by atoms with Crippen LogP contribution in [0.1, 0.15) is 43.9 Å². The zero-order chi connectivity index (χ0) is 25.2. The Morgan fingerprint density at radius 3 is 2.61 bits per heavy atom. The average Bonchev–Trinajstić information content (AvgIpc) is 3.44. The Labute approximate surface area is 214 Å². The zero-order valence-electron chi connectivity index (χ0n) is 20.3. The normalized spacial score (nSPS) is 23.3. The van der Waals surface area contributed by atoms with E-state index in [1.165, 1.54) is 30.3 Å². The Balaban J connectivity index is 1.42. The smallest absolute Gasteiger partial charge is 0.269 e. The molecule has 0 spiro atoms. The van der Waals surface area contributed by atoms with Crippen LogP contribution in [0.2, 0.25) is 0 Å². The Kier molecular flexibility index (Phi) is 6.87. The van der Waals surface area contributed by atoms with Gasteiger partial charge in [0.25, 0.3) is 11.6 Å². The Bertz CT molecular complexity index is 1300. The van der Waals surface area contributed by atoms with Gasteiger partial charge in [-0.2, -0.15) is 0 Å². The number of nitrogens with one attached hydrogen (secondary N) is 1. The van der Waals surface area contributed by atoms with Gasteiger partial charge in [-0.15, -0.1) is 0 Å². The molecule has 1 aliphatic carbocycles. The summed E-state index contributed by atoms with van der Waals surface area (Å²) in [5.74, 6) is 1.66. The van der Waals surface area contributed by atoms with Crippen LogP contribution in [0.3, 0.4) is 0 Å². The summed E-state index contributed by atoms with van der Waals surface area (Å²) in [4.78, 5) is 27.0. The number of benzene rings is 2. The number of nitrogens with zero attached hydrogens (tertiary/aromatic N) is 2. The van der Waals surface area contributed by atoms with E-state index < -0.39 is 4.92 Å². The van der Waals surface area contributed by atoms with E-state index in [4.69, 9.17) is 4.42 Å². The second-order valence-electron chi connectivity index (χ2n) is 9.49. The van der Waals surface area contributed by atoms with Crippen molar-refractivity contribution in [3.05, 3.63) is 87.0 Å². The summed E-state index contributed by atoms with van der Waals surface area (Å²) in [5, 5.41) is 14.6. The number of para-hydroxylation sites is 1. The predicted octanol–water partition coefficient (Wildman–Crippen LogP) is 7.05. The van der Waals surface area contributed by atoms with Crippen molar-refractivity contribution in [2.24, 2.45) is 5.92 Å². The van der Waals surface area contributed by atoms with Gasteiger partial charge in [0.1, 0.15) is 11.5 Å². The first kappa shape index (κ1) is 24.2. The summed E-state index contributed by atoms with van der Waals surface area (Å²) in [5.41, 5.74) is 2.38. The topological polar surface area (TPSA) is 88.6 Å². The minimum absolute atomic E-state index is 0.0247. The molecule has 0 bridgehead atoms. The summed E-state index contributed by atoms with van der Waals surface area (Å²) in [6, 6.07) is 18.6. The standard InChI is InChI=1S/C28H29N3O4S/c1-18-8-6-7-11-24(18)30-27(32)26(36-28(30)29-20-9-4-3-5-10-20)17-22-13-15-25(35-22)23-14-12-21(31(33)34)16-19(23)2/h3-5,9-10,12-18,24,28-29H,6-8,11H2,1-2H3/b26-17-/t18-,24-,28?/m1/s1. The van der Waals surface area contributed by atoms with Gasteiger partial charge in [-0.05, 0) is 61.6 Å². The fraction of sp³-hybridized carbons (Fsp3) is 0.321. The lowest BCUT2D eigenvalue weighted by Crippen LogP contribution is -2.48. The highest BCUT2D eigenvalue weighted by atomic mass is 32.2. The van der Waals surface area contributed by atoms with Crippen LogP contribution < -0.4 is 5.32 Å². The molecule has 1 amide bonds. The van der Waals surface area contributed by atoms with E-state index in [1.807, 2.05) is 60.4 Å². The molecular weight excluding hydrogens is 474 g/mol. The number of nitro groups is 1. The first-order chi connectivity index (χ1) is 17.4. The second kappa shape index (κ2) is 10.2. The van der Waals surface area contributed by atoms with Crippen molar-refractivity contribution < 1.29 is 14.1 Å². The van der Waals surface area contributed by atoms with Gasteiger partial charge in [-0.1, -0.05) is 49.7 Å². The third-order valence-electron chi connectivity index (χ3n) is 7.01. The highest BCUT2D eigenvalue weighted by Gasteiger charge is 2.43. The highest BCUT2D eigenvalue weighted by molar-refractivity contribution is 8.05. The number of thioether (sulfide) groups is 1. The molecule has 1 unspecified atom stereocenters. The van der Waals surface area contributed by atoms with E-state index >= 15 is 0 Å². The molecule has 186 valence electrons. The first-order valence-electron chi connectivity index (χ1n) is 12.3. The largest absolute Gasteiger partial charge is 0.457 e. The molecule has 1 saturated heterocycles. The third kappa shape index (κ3) is 4.91. The van der Waals surface area contributed by atoms with Crippen molar-refractivity contribution in [2.45, 2.75) is 51.1 Å². The van der Waals surface area contributed by atoms with Gasteiger partial charge < -0.3 is 14.6 Å². The van der Waals surface area contributed by atoms with Crippen molar-refractivity contribution in [1.29, 1.82) is 0 Å². The number of anilines is 1. The number of carbonyl (C=O) groups is 1. The van der Waals surface area contributed by atoms with Crippen molar-refractivity contribution in [3.8, 4) is 11.3 Å². The molecule has 2 fully saturated rings. The number of amides is 1. The van der Waals surface area contributed by atoms with Crippen LogP contribution in [-0.4, -0.2) is 27.3 Å². The molecule has 0 radical (unpaired) electrons. The van der Waals surface area contributed by atoms with Crippen LogP contribution in [0.4, 0.5) is 11.4 Å². The van der Waals surface area contributed by atoms with E-state index in [0.717, 1.165) is 36.1 Å². The molecule has 2 aliphatic rings. The molecule has 3 aromatic rings. The van der Waals surface area contributed by atoms with Crippen molar-refractivity contribution in [2.75, 3.05) is 5.32 Å². The van der Waals surface area contributed by atoms with E-state index in [2.05, 4.69) is 12.2 Å². The zero-order valence-corrected chi connectivity index (χ0v) is 21.2. The lowest BCUT2D eigenvalue weighted by atomic mass is 9.85. The maximum atomic E-state index is 13.7. The number of rotatable bonds is 6. The van der Waals surface area contributed by atoms with Gasteiger partial charge in [0.15, 0.2) is 5.50 Å². The minimum Gasteiger partial charge on any atom is -0.457 e. The fourth-order valence-electron chi connectivity index (χ4n) is 5.11. The van der Waals surface area contributed by atoms with E-state index in [-0.39, 0.29) is 23.1 Å². The monoisotopic (exact) mass is 503 g/mol. The molecule has 1 aromatic heterocycles. The lowest BCUT2D eigenvalue weighted by Gasteiger charge is -2.39. The molecule has 1 aliphatic heterocycles. The average molecular weight is 504 g/mol. The van der Waals surface area contributed by atoms with Crippen LogP contribution in [0, 0.1) is 23.0 Å². The van der Waals surface area contributed by atoms with Gasteiger partial charge in [-0.25, -0.2) is 0 Å². The number of furan rings is 1. The molecule has 3 atom stereocenters. The number of aryl methyl sites for hydroxylation is 1. The van der Waals surface area contributed by atoms with Gasteiger partial charge >= 0.3 is 0 Å². The molecule has 2 aromatic carbocycles. The maximum Gasteiger partial charge on any atom is 0.269 e. The molecule has 8 heteroatoms. The van der Waals surface area contributed by atoms with Crippen LogP contribution in [-0.2, 0) is 4.79 Å². The second-order valence-corrected chi connectivity index (χ2v) is 10.6. The molecular formula is C28H29N3O4S. The molecule has 5 rings (SSSR count). The molecule has 2 heterocycles. The molecule has 1 saturated carbocycles. The number of carbonyl (C=O) groups excluding carboxylic acids is 1. The third-order valence-corrected chi connectivity index (χ3v) is 8.13. The highest BCUT2D eigenvalue weighted by Crippen LogP contribution is 2.42. The number of hydrogen-bond acceptors (Lipinski definition) is 6. The van der Waals surface area contributed by atoms with E-state index in [1.54, 1.807) is 6.07 Å². The quantitative estimate of drug-likeness (QED) is 0.220. The fourth-order valence-corrected chi connectivity index (χ4v) is 6.30. The number of nitro benzene ring substituents is 1. The number of non-ortho nitro benzene ring substituents is 1. The summed E-state index contributed by atoms with van der Waals surface area (Å²) < 4.78 is 6.07. The predicted molar refractivity (Wildman–Crippen MR) is 143 cm³/mol. The maximum absolute atomic E-state index is 13.7. The first-order valence-corrected chi connectivity index (χ1v) is 13.2. The summed E-state index contributed by atoms with van der Waals surface area (Å²) in [6.07, 6.45) is 6.30. The lowest BCUT2D eigenvalue weighted by molar-refractivity contribution is -0.384. The molecule has 36 heavy (non-hydrogen) atoms. The van der Waals surface area contributed by atoms with Crippen molar-refractivity contribution >= 4 is 35.1 Å².